The summed E-state index contributed by atoms with van der Waals surface area (Å²) in [7, 11) is 1.59. The summed E-state index contributed by atoms with van der Waals surface area (Å²) in [6, 6.07) is 7.38. The number of anilines is 1. The number of carbonyl (C=O) groups is 1. The average molecular weight is 261 g/mol. The van der Waals surface area contributed by atoms with E-state index in [4.69, 9.17) is 4.74 Å². The Balaban J connectivity index is 2.24. The molecule has 0 bridgehead atoms. The van der Waals surface area contributed by atoms with E-state index in [1.807, 2.05) is 43.5 Å². The Labute approximate surface area is 110 Å². The lowest BCUT2D eigenvalue weighted by atomic mass is 10.1. The standard InChI is InChI=1S/C14H15NO2S/c1-9-10(2)18-8-11(9)14(16)15-12-6-4-5-7-13(12)17-3/h4-8H,1-3H3,(H,15,16). The molecule has 94 valence electrons. The third kappa shape index (κ3) is 2.38. The van der Waals surface area contributed by atoms with E-state index in [2.05, 4.69) is 5.32 Å². The minimum atomic E-state index is -0.0960. The highest BCUT2D eigenvalue weighted by atomic mass is 32.1. The number of para-hydroxylation sites is 2. The maximum absolute atomic E-state index is 12.2. The van der Waals surface area contributed by atoms with Crippen LogP contribution in [-0.2, 0) is 0 Å². The highest BCUT2D eigenvalue weighted by molar-refractivity contribution is 7.10. The third-order valence-corrected chi connectivity index (χ3v) is 3.90. The van der Waals surface area contributed by atoms with Crippen molar-refractivity contribution < 1.29 is 9.53 Å². The van der Waals surface area contributed by atoms with E-state index in [0.29, 0.717) is 11.4 Å². The highest BCUT2D eigenvalue weighted by Gasteiger charge is 2.14. The summed E-state index contributed by atoms with van der Waals surface area (Å²) in [5, 5.41) is 4.76. The molecule has 0 aliphatic carbocycles. The Kier molecular flexibility index (Phi) is 3.67. The zero-order chi connectivity index (χ0) is 13.1. The number of ether oxygens (including phenoxy) is 1. The summed E-state index contributed by atoms with van der Waals surface area (Å²) in [6.07, 6.45) is 0. The maximum atomic E-state index is 12.2. The van der Waals surface area contributed by atoms with Gasteiger partial charge in [0, 0.05) is 10.3 Å². The van der Waals surface area contributed by atoms with Gasteiger partial charge in [-0.25, -0.2) is 0 Å². The Morgan fingerprint density at radius 1 is 1.28 bits per heavy atom. The molecule has 4 heteroatoms. The normalized spacial score (nSPS) is 10.2. The molecule has 2 aromatic rings. The first kappa shape index (κ1) is 12.6. The van der Waals surface area contributed by atoms with Gasteiger partial charge < -0.3 is 10.1 Å². The monoisotopic (exact) mass is 261 g/mol. The van der Waals surface area contributed by atoms with Crippen LogP contribution in [0.5, 0.6) is 5.75 Å². The lowest BCUT2D eigenvalue weighted by Crippen LogP contribution is -2.12. The fourth-order valence-electron chi connectivity index (χ4n) is 1.68. The van der Waals surface area contributed by atoms with E-state index in [0.717, 1.165) is 11.1 Å². The number of aryl methyl sites for hydroxylation is 1. The van der Waals surface area contributed by atoms with Crippen molar-refractivity contribution in [3.05, 3.63) is 45.6 Å². The number of methoxy groups -OCH3 is 1. The first-order valence-electron chi connectivity index (χ1n) is 5.62. The molecule has 0 spiro atoms. The number of rotatable bonds is 3. The van der Waals surface area contributed by atoms with Gasteiger partial charge in [-0.1, -0.05) is 12.1 Å². The van der Waals surface area contributed by atoms with E-state index < -0.39 is 0 Å². The fourth-order valence-corrected chi connectivity index (χ4v) is 2.54. The molecule has 0 aliphatic heterocycles. The van der Waals surface area contributed by atoms with E-state index in [9.17, 15) is 4.79 Å². The van der Waals surface area contributed by atoms with Gasteiger partial charge in [-0.2, -0.15) is 0 Å². The lowest BCUT2D eigenvalue weighted by Gasteiger charge is -2.09. The predicted molar refractivity (Wildman–Crippen MR) is 74.7 cm³/mol. The number of nitrogens with one attached hydrogen (secondary N) is 1. The van der Waals surface area contributed by atoms with Crippen molar-refractivity contribution in [3.63, 3.8) is 0 Å². The van der Waals surface area contributed by atoms with Crippen LogP contribution in [-0.4, -0.2) is 13.0 Å². The predicted octanol–water partition coefficient (Wildman–Crippen LogP) is 3.63. The SMILES string of the molecule is COc1ccccc1NC(=O)c1csc(C)c1C. The van der Waals surface area contributed by atoms with Gasteiger partial charge in [0.2, 0.25) is 0 Å². The Morgan fingerprint density at radius 3 is 2.61 bits per heavy atom. The summed E-state index contributed by atoms with van der Waals surface area (Å²) < 4.78 is 5.21. The minimum Gasteiger partial charge on any atom is -0.495 e. The minimum absolute atomic E-state index is 0.0960. The molecule has 1 aromatic carbocycles. The number of amides is 1. The quantitative estimate of drug-likeness (QED) is 0.916. The second kappa shape index (κ2) is 5.23. The molecule has 0 unspecified atom stereocenters. The van der Waals surface area contributed by atoms with Crippen molar-refractivity contribution in [3.8, 4) is 5.75 Å². The summed E-state index contributed by atoms with van der Waals surface area (Å²) in [6.45, 7) is 3.98. The molecule has 0 fully saturated rings. The van der Waals surface area contributed by atoms with Crippen molar-refractivity contribution >= 4 is 22.9 Å². The third-order valence-electron chi connectivity index (χ3n) is 2.89. The van der Waals surface area contributed by atoms with Crippen molar-refractivity contribution in [2.75, 3.05) is 12.4 Å². The molecule has 0 saturated heterocycles. The molecule has 18 heavy (non-hydrogen) atoms. The van der Waals surface area contributed by atoms with Crippen molar-refractivity contribution in [2.24, 2.45) is 0 Å². The van der Waals surface area contributed by atoms with Crippen LogP contribution in [0.1, 0.15) is 20.8 Å². The molecule has 1 heterocycles. The van der Waals surface area contributed by atoms with E-state index in [-0.39, 0.29) is 5.91 Å². The molecule has 0 saturated carbocycles. The van der Waals surface area contributed by atoms with E-state index >= 15 is 0 Å². The van der Waals surface area contributed by atoms with Crippen LogP contribution in [0.4, 0.5) is 5.69 Å². The van der Waals surface area contributed by atoms with E-state index in [1.165, 1.54) is 4.88 Å². The highest BCUT2D eigenvalue weighted by Crippen LogP contribution is 2.26. The number of carbonyl (C=O) groups excluding carboxylic acids is 1. The molecule has 1 N–H and O–H groups in total. The van der Waals surface area contributed by atoms with Gasteiger partial charge in [-0.3, -0.25) is 4.79 Å². The number of benzene rings is 1. The van der Waals surface area contributed by atoms with Crippen LogP contribution in [0.3, 0.4) is 0 Å². The first-order valence-corrected chi connectivity index (χ1v) is 6.50. The molecule has 0 atom stereocenters. The summed E-state index contributed by atoms with van der Waals surface area (Å²) in [5.74, 6) is 0.566. The van der Waals surface area contributed by atoms with Crippen LogP contribution in [0, 0.1) is 13.8 Å². The van der Waals surface area contributed by atoms with Crippen LogP contribution in [0.15, 0.2) is 29.6 Å². The van der Waals surface area contributed by atoms with Gasteiger partial charge in [-0.15, -0.1) is 11.3 Å². The zero-order valence-corrected chi connectivity index (χ0v) is 11.4. The van der Waals surface area contributed by atoms with Gasteiger partial charge >= 0.3 is 0 Å². The van der Waals surface area contributed by atoms with Crippen LogP contribution in [0.25, 0.3) is 0 Å². The van der Waals surface area contributed by atoms with E-state index in [1.54, 1.807) is 18.4 Å². The second-order valence-electron chi connectivity index (χ2n) is 3.98. The summed E-state index contributed by atoms with van der Waals surface area (Å²) >= 11 is 1.59. The average Bonchev–Trinajstić information content (AvgIpc) is 2.71. The maximum Gasteiger partial charge on any atom is 0.256 e. The molecular formula is C14H15NO2S. The Morgan fingerprint density at radius 2 is 2.00 bits per heavy atom. The molecular weight excluding hydrogens is 246 g/mol. The van der Waals surface area contributed by atoms with Crippen molar-refractivity contribution in [2.45, 2.75) is 13.8 Å². The first-order chi connectivity index (χ1) is 8.63. The van der Waals surface area contributed by atoms with Gasteiger partial charge in [0.25, 0.3) is 5.91 Å². The van der Waals surface area contributed by atoms with Gasteiger partial charge in [0.15, 0.2) is 0 Å². The van der Waals surface area contributed by atoms with Crippen LogP contribution >= 0.6 is 11.3 Å². The van der Waals surface area contributed by atoms with Gasteiger partial charge in [0.1, 0.15) is 5.75 Å². The Hall–Kier alpha value is -1.81. The molecule has 1 aromatic heterocycles. The topological polar surface area (TPSA) is 38.3 Å². The van der Waals surface area contributed by atoms with Gasteiger partial charge in [0.05, 0.1) is 18.4 Å². The fraction of sp³-hybridized carbons (Fsp3) is 0.214. The Bertz CT molecular complexity index is 575. The molecule has 0 radical (unpaired) electrons. The second-order valence-corrected chi connectivity index (χ2v) is 5.07. The smallest absolute Gasteiger partial charge is 0.256 e. The zero-order valence-electron chi connectivity index (χ0n) is 10.6. The van der Waals surface area contributed by atoms with Crippen LogP contribution in [0.2, 0.25) is 0 Å². The molecule has 2 rings (SSSR count). The van der Waals surface area contributed by atoms with Gasteiger partial charge in [-0.05, 0) is 31.5 Å². The van der Waals surface area contributed by atoms with Crippen molar-refractivity contribution in [1.29, 1.82) is 0 Å². The lowest BCUT2D eigenvalue weighted by molar-refractivity contribution is 0.102. The number of hydrogen-bond acceptors (Lipinski definition) is 3. The molecule has 3 nitrogen and oxygen atoms in total. The summed E-state index contributed by atoms with van der Waals surface area (Å²) in [4.78, 5) is 13.3. The van der Waals surface area contributed by atoms with Crippen molar-refractivity contribution in [1.82, 2.24) is 0 Å². The van der Waals surface area contributed by atoms with Crippen LogP contribution < -0.4 is 10.1 Å². The number of hydrogen-bond donors (Lipinski definition) is 1. The molecule has 0 aliphatic rings. The number of thiophene rings is 1. The largest absolute Gasteiger partial charge is 0.495 e. The summed E-state index contributed by atoms with van der Waals surface area (Å²) in [5.41, 5.74) is 2.45. The molecule has 1 amide bonds.